The molecule has 0 aliphatic heterocycles. The lowest BCUT2D eigenvalue weighted by Crippen LogP contribution is -2.21. The van der Waals surface area contributed by atoms with Crippen LogP contribution in [0.2, 0.25) is 0 Å². The second-order valence-corrected chi connectivity index (χ2v) is 6.91. The highest BCUT2D eigenvalue weighted by molar-refractivity contribution is 9.10. The molecule has 1 aromatic carbocycles. The largest absolute Gasteiger partial charge is 0.319 e. The summed E-state index contributed by atoms with van der Waals surface area (Å²) in [6.07, 6.45) is 3.83. The number of nitrogens with one attached hydrogen (secondary N) is 1. The first kappa shape index (κ1) is 16.1. The van der Waals surface area contributed by atoms with Gasteiger partial charge in [0.05, 0.1) is 0 Å². The van der Waals surface area contributed by atoms with Crippen molar-refractivity contribution in [3.05, 3.63) is 34.3 Å². The van der Waals surface area contributed by atoms with Gasteiger partial charge in [-0.05, 0) is 68.0 Å². The van der Waals surface area contributed by atoms with Crippen LogP contribution in [0.1, 0.15) is 25.3 Å². The summed E-state index contributed by atoms with van der Waals surface area (Å²) in [6, 6.07) is 8.69. The Morgan fingerprint density at radius 1 is 1.39 bits per heavy atom. The Morgan fingerprint density at radius 2 is 2.22 bits per heavy atom. The zero-order valence-corrected chi connectivity index (χ0v) is 13.8. The van der Waals surface area contributed by atoms with E-state index in [2.05, 4.69) is 59.5 Å². The van der Waals surface area contributed by atoms with Gasteiger partial charge in [0.15, 0.2) is 0 Å². The molecule has 1 rings (SSSR count). The van der Waals surface area contributed by atoms with Crippen molar-refractivity contribution in [2.75, 3.05) is 25.1 Å². The molecule has 1 nitrogen and oxygen atoms in total. The Morgan fingerprint density at radius 3 is 2.89 bits per heavy atom. The Kier molecular flexibility index (Phi) is 8.82. The molecule has 0 saturated heterocycles. The predicted octanol–water partition coefficient (Wildman–Crippen LogP) is 4.36. The summed E-state index contributed by atoms with van der Waals surface area (Å²) in [5.41, 5.74) is 1.44. The second-order valence-electron chi connectivity index (χ2n) is 4.60. The third kappa shape index (κ3) is 6.81. The van der Waals surface area contributed by atoms with Crippen molar-refractivity contribution in [1.29, 1.82) is 0 Å². The molecule has 18 heavy (non-hydrogen) atoms. The van der Waals surface area contributed by atoms with Gasteiger partial charge in [-0.3, -0.25) is 0 Å². The maximum absolute atomic E-state index is 3.55. The lowest BCUT2D eigenvalue weighted by Gasteiger charge is -2.16. The minimum absolute atomic E-state index is 0.752. The van der Waals surface area contributed by atoms with Gasteiger partial charge < -0.3 is 5.32 Å². The molecule has 0 aromatic heterocycles. The van der Waals surface area contributed by atoms with Gasteiger partial charge in [0, 0.05) is 4.47 Å². The Balaban J connectivity index is 2.41. The van der Waals surface area contributed by atoms with Crippen LogP contribution >= 0.6 is 27.7 Å². The van der Waals surface area contributed by atoms with Crippen molar-refractivity contribution in [1.82, 2.24) is 5.32 Å². The van der Waals surface area contributed by atoms with Crippen molar-refractivity contribution in [3.63, 3.8) is 0 Å². The molecule has 1 unspecified atom stereocenters. The number of rotatable bonds is 9. The van der Waals surface area contributed by atoms with E-state index in [9.17, 15) is 0 Å². The fourth-order valence-corrected chi connectivity index (χ4v) is 3.29. The van der Waals surface area contributed by atoms with E-state index in [1.54, 1.807) is 0 Å². The van der Waals surface area contributed by atoms with Crippen LogP contribution in [0, 0.1) is 5.92 Å². The number of hydrogen-bond acceptors (Lipinski definition) is 2. The van der Waals surface area contributed by atoms with Gasteiger partial charge >= 0.3 is 0 Å². The number of thioether (sulfide) groups is 1. The van der Waals surface area contributed by atoms with Gasteiger partial charge in [0.2, 0.25) is 0 Å². The predicted molar refractivity (Wildman–Crippen MR) is 87.5 cm³/mol. The standard InChI is InChI=1S/C15H24BrNS/c1-3-18-9-5-7-14(12-17-2)10-13-6-4-8-15(16)11-13/h4,6,8,11,14,17H,3,5,7,9-10,12H2,1-2H3. The summed E-state index contributed by atoms with van der Waals surface area (Å²) in [7, 11) is 2.05. The van der Waals surface area contributed by atoms with Crippen LogP contribution in [0.4, 0.5) is 0 Å². The molecule has 1 atom stereocenters. The van der Waals surface area contributed by atoms with Gasteiger partial charge in [-0.2, -0.15) is 11.8 Å². The van der Waals surface area contributed by atoms with E-state index in [1.807, 2.05) is 11.8 Å². The van der Waals surface area contributed by atoms with Crippen LogP contribution in [-0.4, -0.2) is 25.1 Å². The number of halogens is 1. The summed E-state index contributed by atoms with van der Waals surface area (Å²) >= 11 is 5.59. The van der Waals surface area contributed by atoms with E-state index in [1.165, 1.54) is 40.8 Å². The molecule has 3 heteroatoms. The van der Waals surface area contributed by atoms with Crippen molar-refractivity contribution in [2.45, 2.75) is 26.2 Å². The summed E-state index contributed by atoms with van der Waals surface area (Å²) in [5.74, 6) is 3.29. The molecular formula is C15H24BrNS. The molecule has 0 radical (unpaired) electrons. The summed E-state index contributed by atoms with van der Waals surface area (Å²) in [6.45, 7) is 3.35. The van der Waals surface area contributed by atoms with Gasteiger partial charge in [-0.15, -0.1) is 0 Å². The first-order valence-electron chi connectivity index (χ1n) is 6.73. The van der Waals surface area contributed by atoms with E-state index in [4.69, 9.17) is 0 Å². The second kappa shape index (κ2) is 9.88. The number of hydrogen-bond donors (Lipinski definition) is 1. The fraction of sp³-hybridized carbons (Fsp3) is 0.600. The Labute approximate surface area is 124 Å². The van der Waals surface area contributed by atoms with Crippen molar-refractivity contribution >= 4 is 27.7 Å². The van der Waals surface area contributed by atoms with Crippen LogP contribution in [0.15, 0.2) is 28.7 Å². The molecule has 0 bridgehead atoms. The molecule has 0 amide bonds. The molecule has 0 saturated carbocycles. The van der Waals surface area contributed by atoms with E-state index < -0.39 is 0 Å². The van der Waals surface area contributed by atoms with E-state index >= 15 is 0 Å². The topological polar surface area (TPSA) is 12.0 Å². The molecular weight excluding hydrogens is 306 g/mol. The van der Waals surface area contributed by atoms with Crippen LogP contribution in [-0.2, 0) is 6.42 Å². The fourth-order valence-electron chi connectivity index (χ4n) is 2.18. The average Bonchev–Trinajstić information content (AvgIpc) is 2.35. The zero-order chi connectivity index (χ0) is 13.2. The van der Waals surface area contributed by atoms with Crippen LogP contribution in [0.5, 0.6) is 0 Å². The third-order valence-corrected chi connectivity index (χ3v) is 4.49. The quantitative estimate of drug-likeness (QED) is 0.675. The zero-order valence-electron chi connectivity index (χ0n) is 11.4. The molecule has 0 fully saturated rings. The summed E-state index contributed by atoms with van der Waals surface area (Å²) in [5, 5.41) is 3.33. The minimum Gasteiger partial charge on any atom is -0.319 e. The maximum Gasteiger partial charge on any atom is 0.0177 e. The van der Waals surface area contributed by atoms with Gasteiger partial charge in [-0.1, -0.05) is 35.0 Å². The van der Waals surface area contributed by atoms with Crippen molar-refractivity contribution in [2.24, 2.45) is 5.92 Å². The first-order chi connectivity index (χ1) is 8.76. The Bertz CT molecular complexity index is 330. The third-order valence-electron chi connectivity index (χ3n) is 3.01. The Hall–Kier alpha value is 0.01000. The van der Waals surface area contributed by atoms with Crippen molar-refractivity contribution in [3.8, 4) is 0 Å². The highest BCUT2D eigenvalue weighted by Gasteiger charge is 2.09. The van der Waals surface area contributed by atoms with E-state index in [-0.39, 0.29) is 0 Å². The lowest BCUT2D eigenvalue weighted by molar-refractivity contribution is 0.457. The first-order valence-corrected chi connectivity index (χ1v) is 8.67. The van der Waals surface area contributed by atoms with E-state index in [0.717, 1.165) is 12.5 Å². The average molecular weight is 330 g/mol. The molecule has 0 aliphatic rings. The van der Waals surface area contributed by atoms with Gasteiger partial charge in [-0.25, -0.2) is 0 Å². The smallest absolute Gasteiger partial charge is 0.0177 e. The van der Waals surface area contributed by atoms with Crippen molar-refractivity contribution < 1.29 is 0 Å². The van der Waals surface area contributed by atoms with Crippen LogP contribution in [0.25, 0.3) is 0 Å². The monoisotopic (exact) mass is 329 g/mol. The molecule has 0 heterocycles. The molecule has 0 spiro atoms. The summed E-state index contributed by atoms with van der Waals surface area (Å²) in [4.78, 5) is 0. The highest BCUT2D eigenvalue weighted by atomic mass is 79.9. The maximum atomic E-state index is 3.55. The molecule has 102 valence electrons. The SMILES string of the molecule is CCSCCCC(CNC)Cc1cccc(Br)c1. The summed E-state index contributed by atoms with van der Waals surface area (Å²) < 4.78 is 1.18. The molecule has 1 N–H and O–H groups in total. The molecule has 1 aromatic rings. The van der Waals surface area contributed by atoms with Crippen LogP contribution < -0.4 is 5.32 Å². The minimum atomic E-state index is 0.752. The normalized spacial score (nSPS) is 12.6. The lowest BCUT2D eigenvalue weighted by atomic mass is 9.95. The number of benzene rings is 1. The van der Waals surface area contributed by atoms with Gasteiger partial charge in [0.1, 0.15) is 0 Å². The van der Waals surface area contributed by atoms with Gasteiger partial charge in [0.25, 0.3) is 0 Å². The molecule has 0 aliphatic carbocycles. The highest BCUT2D eigenvalue weighted by Crippen LogP contribution is 2.18. The van der Waals surface area contributed by atoms with Crippen LogP contribution in [0.3, 0.4) is 0 Å². The van der Waals surface area contributed by atoms with E-state index in [0.29, 0.717) is 0 Å².